The molecule has 0 aliphatic carbocycles. The third kappa shape index (κ3) is 4.01. The van der Waals surface area contributed by atoms with Crippen molar-refractivity contribution in [1.29, 1.82) is 0 Å². The van der Waals surface area contributed by atoms with Crippen LogP contribution < -0.4 is 15.0 Å². The summed E-state index contributed by atoms with van der Waals surface area (Å²) in [6.07, 6.45) is 5.52. The van der Waals surface area contributed by atoms with Gasteiger partial charge in [0.2, 0.25) is 5.88 Å². The van der Waals surface area contributed by atoms with Crippen molar-refractivity contribution in [1.82, 2.24) is 9.97 Å². The molecule has 0 radical (unpaired) electrons. The first kappa shape index (κ1) is 17.3. The van der Waals surface area contributed by atoms with Crippen LogP contribution in [0, 0.1) is 0 Å². The minimum Gasteiger partial charge on any atom is -0.437 e. The molecule has 6 heteroatoms. The Morgan fingerprint density at radius 1 is 1.04 bits per heavy atom. The van der Waals surface area contributed by atoms with Crippen LogP contribution in [0.1, 0.15) is 12.8 Å². The predicted molar refractivity (Wildman–Crippen MR) is 106 cm³/mol. The standard InChI is InChI=1S/C21H22N4O2/c26-15-17-5-4-14-25(17)19-6-3-13-23-21(19)27-18-10-8-16(9-11-18)24-20-7-1-2-12-22-20/h1-3,6-13,17,26H,4-5,14-15H2,(H,22,24). The van der Waals surface area contributed by atoms with Gasteiger partial charge in [-0.1, -0.05) is 6.07 Å². The number of nitrogens with zero attached hydrogens (tertiary/aromatic N) is 3. The molecule has 4 rings (SSSR count). The number of anilines is 3. The number of hydrogen-bond donors (Lipinski definition) is 2. The molecule has 1 atom stereocenters. The zero-order chi connectivity index (χ0) is 18.5. The zero-order valence-electron chi connectivity index (χ0n) is 15.0. The largest absolute Gasteiger partial charge is 0.437 e. The number of hydrogen-bond acceptors (Lipinski definition) is 6. The Balaban J connectivity index is 1.50. The van der Waals surface area contributed by atoms with Crippen molar-refractivity contribution in [3.8, 4) is 11.6 Å². The minimum atomic E-state index is 0.126. The fourth-order valence-corrected chi connectivity index (χ4v) is 3.32. The van der Waals surface area contributed by atoms with Crippen LogP contribution in [0.5, 0.6) is 11.6 Å². The molecular formula is C21H22N4O2. The molecule has 2 aromatic heterocycles. The summed E-state index contributed by atoms with van der Waals surface area (Å²) in [5, 5.41) is 12.9. The van der Waals surface area contributed by atoms with Crippen molar-refractivity contribution in [2.24, 2.45) is 0 Å². The maximum atomic E-state index is 9.62. The van der Waals surface area contributed by atoms with Gasteiger partial charge in [0.25, 0.3) is 0 Å². The van der Waals surface area contributed by atoms with E-state index in [9.17, 15) is 5.11 Å². The molecule has 1 unspecified atom stereocenters. The second kappa shape index (κ2) is 8.05. The summed E-state index contributed by atoms with van der Waals surface area (Å²) in [5.74, 6) is 2.06. The quantitative estimate of drug-likeness (QED) is 0.691. The van der Waals surface area contributed by atoms with Gasteiger partial charge in [-0.15, -0.1) is 0 Å². The van der Waals surface area contributed by atoms with E-state index in [2.05, 4.69) is 20.2 Å². The molecule has 2 N–H and O–H groups in total. The summed E-state index contributed by atoms with van der Waals surface area (Å²) >= 11 is 0. The van der Waals surface area contributed by atoms with Crippen molar-refractivity contribution in [3.63, 3.8) is 0 Å². The minimum absolute atomic E-state index is 0.126. The Hall–Kier alpha value is -3.12. The van der Waals surface area contributed by atoms with E-state index in [1.807, 2.05) is 54.6 Å². The Labute approximate surface area is 158 Å². The van der Waals surface area contributed by atoms with E-state index in [-0.39, 0.29) is 12.6 Å². The number of rotatable bonds is 6. The summed E-state index contributed by atoms with van der Waals surface area (Å²) in [7, 11) is 0. The van der Waals surface area contributed by atoms with Crippen molar-refractivity contribution in [3.05, 3.63) is 67.0 Å². The van der Waals surface area contributed by atoms with Crippen LogP contribution in [-0.4, -0.2) is 34.3 Å². The molecule has 6 nitrogen and oxygen atoms in total. The molecule has 1 aromatic carbocycles. The molecule has 27 heavy (non-hydrogen) atoms. The molecule has 1 saturated heterocycles. The topological polar surface area (TPSA) is 70.5 Å². The maximum absolute atomic E-state index is 9.62. The molecule has 0 spiro atoms. The molecule has 1 fully saturated rings. The smallest absolute Gasteiger partial charge is 0.243 e. The van der Waals surface area contributed by atoms with Gasteiger partial charge in [0.15, 0.2) is 0 Å². The monoisotopic (exact) mass is 362 g/mol. The molecular weight excluding hydrogens is 340 g/mol. The van der Waals surface area contributed by atoms with Crippen LogP contribution in [0.4, 0.5) is 17.2 Å². The van der Waals surface area contributed by atoms with Gasteiger partial charge in [0.1, 0.15) is 17.3 Å². The third-order valence-corrected chi connectivity index (χ3v) is 4.65. The van der Waals surface area contributed by atoms with E-state index in [0.29, 0.717) is 11.6 Å². The first-order chi connectivity index (χ1) is 13.3. The number of aliphatic hydroxyl groups excluding tert-OH is 1. The van der Waals surface area contributed by atoms with Gasteiger partial charge >= 0.3 is 0 Å². The molecule has 0 amide bonds. The number of benzene rings is 1. The maximum Gasteiger partial charge on any atom is 0.243 e. The van der Waals surface area contributed by atoms with Gasteiger partial charge < -0.3 is 20.1 Å². The summed E-state index contributed by atoms with van der Waals surface area (Å²) in [6.45, 7) is 1.04. The lowest BCUT2D eigenvalue weighted by Crippen LogP contribution is -2.32. The number of aliphatic hydroxyl groups is 1. The third-order valence-electron chi connectivity index (χ3n) is 4.65. The van der Waals surface area contributed by atoms with Crippen LogP contribution in [0.15, 0.2) is 67.0 Å². The predicted octanol–water partition coefficient (Wildman–Crippen LogP) is 3.97. The Morgan fingerprint density at radius 2 is 1.89 bits per heavy atom. The summed E-state index contributed by atoms with van der Waals surface area (Å²) in [4.78, 5) is 10.8. The van der Waals surface area contributed by atoms with E-state index in [4.69, 9.17) is 4.74 Å². The van der Waals surface area contributed by atoms with Gasteiger partial charge in [0.05, 0.1) is 12.6 Å². The molecule has 1 aliphatic heterocycles. The lowest BCUT2D eigenvalue weighted by molar-refractivity contribution is 0.266. The number of pyridine rings is 2. The first-order valence-corrected chi connectivity index (χ1v) is 9.12. The fourth-order valence-electron chi connectivity index (χ4n) is 3.32. The van der Waals surface area contributed by atoms with Gasteiger partial charge in [0, 0.05) is 24.6 Å². The van der Waals surface area contributed by atoms with E-state index in [0.717, 1.165) is 36.6 Å². The van der Waals surface area contributed by atoms with E-state index < -0.39 is 0 Å². The van der Waals surface area contributed by atoms with Gasteiger partial charge in [-0.05, 0) is 61.4 Å². The van der Waals surface area contributed by atoms with Crippen LogP contribution in [-0.2, 0) is 0 Å². The number of nitrogens with one attached hydrogen (secondary N) is 1. The molecule has 1 aliphatic rings. The van der Waals surface area contributed by atoms with Crippen LogP contribution in [0.2, 0.25) is 0 Å². The number of aromatic nitrogens is 2. The Kier molecular flexibility index (Phi) is 5.16. The van der Waals surface area contributed by atoms with Crippen molar-refractivity contribution in [2.45, 2.75) is 18.9 Å². The van der Waals surface area contributed by atoms with Crippen LogP contribution >= 0.6 is 0 Å². The SMILES string of the molecule is OCC1CCCN1c1cccnc1Oc1ccc(Nc2ccccn2)cc1. The van der Waals surface area contributed by atoms with E-state index in [1.54, 1.807) is 12.4 Å². The van der Waals surface area contributed by atoms with Crippen LogP contribution in [0.3, 0.4) is 0 Å². The summed E-state index contributed by atoms with van der Waals surface area (Å²) < 4.78 is 6.04. The molecule has 0 saturated carbocycles. The molecule has 0 bridgehead atoms. The van der Waals surface area contributed by atoms with Crippen molar-refractivity contribution >= 4 is 17.2 Å². The highest BCUT2D eigenvalue weighted by Gasteiger charge is 2.26. The Bertz CT molecular complexity index is 871. The first-order valence-electron chi connectivity index (χ1n) is 9.12. The molecule has 138 valence electrons. The second-order valence-electron chi connectivity index (χ2n) is 6.47. The highest BCUT2D eigenvalue weighted by atomic mass is 16.5. The molecule has 3 aromatic rings. The summed E-state index contributed by atoms with van der Waals surface area (Å²) in [5.41, 5.74) is 1.85. The summed E-state index contributed by atoms with van der Waals surface area (Å²) in [6, 6.07) is 17.4. The van der Waals surface area contributed by atoms with E-state index in [1.165, 1.54) is 0 Å². The lowest BCUT2D eigenvalue weighted by Gasteiger charge is -2.26. The van der Waals surface area contributed by atoms with Gasteiger partial charge in [-0.3, -0.25) is 0 Å². The van der Waals surface area contributed by atoms with Gasteiger partial charge in [-0.2, -0.15) is 0 Å². The van der Waals surface area contributed by atoms with Crippen molar-refractivity contribution < 1.29 is 9.84 Å². The van der Waals surface area contributed by atoms with Crippen LogP contribution in [0.25, 0.3) is 0 Å². The Morgan fingerprint density at radius 3 is 2.67 bits per heavy atom. The highest BCUT2D eigenvalue weighted by molar-refractivity contribution is 5.59. The highest BCUT2D eigenvalue weighted by Crippen LogP contribution is 2.34. The van der Waals surface area contributed by atoms with Gasteiger partial charge in [-0.25, -0.2) is 9.97 Å². The second-order valence-corrected chi connectivity index (χ2v) is 6.47. The molecule has 3 heterocycles. The fraction of sp³-hybridized carbons (Fsp3) is 0.238. The van der Waals surface area contributed by atoms with E-state index >= 15 is 0 Å². The zero-order valence-corrected chi connectivity index (χ0v) is 15.0. The normalized spacial score (nSPS) is 16.3. The average Bonchev–Trinajstić information content (AvgIpc) is 3.19. The lowest BCUT2D eigenvalue weighted by atomic mass is 10.2. The average molecular weight is 362 g/mol. The van der Waals surface area contributed by atoms with Crippen molar-refractivity contribution in [2.75, 3.05) is 23.4 Å². The number of ether oxygens (including phenoxy) is 1.